The Labute approximate surface area is 108 Å². The van der Waals surface area contributed by atoms with E-state index in [9.17, 15) is 4.79 Å². The molecule has 0 radical (unpaired) electrons. The summed E-state index contributed by atoms with van der Waals surface area (Å²) in [6.45, 7) is 5.07. The number of hydrogen-bond donors (Lipinski definition) is 0. The van der Waals surface area contributed by atoms with E-state index >= 15 is 0 Å². The van der Waals surface area contributed by atoms with Crippen LogP contribution in [0.25, 0.3) is 10.8 Å². The standard InChI is InChI=1S/C16H18O2/c1-12(2)9-10-18-16-8-7-13(11-17)14-5-3-4-6-15(14)16/h3-8,11-12H,9-10H2,1-2H3. The van der Waals surface area contributed by atoms with Gasteiger partial charge in [0.05, 0.1) is 6.61 Å². The molecule has 0 bridgehead atoms. The number of rotatable bonds is 5. The van der Waals surface area contributed by atoms with Crippen molar-refractivity contribution in [2.24, 2.45) is 5.92 Å². The molecule has 2 aromatic rings. The highest BCUT2D eigenvalue weighted by Crippen LogP contribution is 2.28. The maximum absolute atomic E-state index is 11.0. The van der Waals surface area contributed by atoms with E-state index in [2.05, 4.69) is 13.8 Å². The van der Waals surface area contributed by atoms with Crippen LogP contribution in [0.5, 0.6) is 5.75 Å². The highest BCUT2D eigenvalue weighted by atomic mass is 16.5. The Hall–Kier alpha value is -1.83. The van der Waals surface area contributed by atoms with Crippen LogP contribution >= 0.6 is 0 Å². The Bertz CT molecular complexity index is 544. The molecule has 0 unspecified atom stereocenters. The SMILES string of the molecule is CC(C)CCOc1ccc(C=O)c2ccccc12. The van der Waals surface area contributed by atoms with Gasteiger partial charge in [-0.2, -0.15) is 0 Å². The molecule has 0 N–H and O–H groups in total. The predicted octanol–water partition coefficient (Wildman–Crippen LogP) is 4.08. The van der Waals surface area contributed by atoms with Crippen molar-refractivity contribution in [3.63, 3.8) is 0 Å². The van der Waals surface area contributed by atoms with Crippen LogP contribution in [-0.4, -0.2) is 12.9 Å². The fourth-order valence-electron chi connectivity index (χ4n) is 1.93. The summed E-state index contributed by atoms with van der Waals surface area (Å²) in [5.41, 5.74) is 0.710. The van der Waals surface area contributed by atoms with Crippen molar-refractivity contribution in [2.75, 3.05) is 6.61 Å². The summed E-state index contributed by atoms with van der Waals surface area (Å²) in [5, 5.41) is 1.96. The number of benzene rings is 2. The van der Waals surface area contributed by atoms with Crippen molar-refractivity contribution < 1.29 is 9.53 Å². The lowest BCUT2D eigenvalue weighted by Gasteiger charge is -2.11. The summed E-state index contributed by atoms with van der Waals surface area (Å²) in [6.07, 6.45) is 1.92. The smallest absolute Gasteiger partial charge is 0.150 e. The first-order chi connectivity index (χ1) is 8.72. The minimum absolute atomic E-state index is 0.630. The van der Waals surface area contributed by atoms with Gasteiger partial charge < -0.3 is 4.74 Å². The second-order valence-corrected chi connectivity index (χ2v) is 4.85. The molecule has 2 rings (SSSR count). The first kappa shape index (κ1) is 12.6. The molecule has 0 atom stereocenters. The molecular weight excluding hydrogens is 224 g/mol. The maximum Gasteiger partial charge on any atom is 0.150 e. The van der Waals surface area contributed by atoms with Crippen molar-refractivity contribution in [1.82, 2.24) is 0 Å². The van der Waals surface area contributed by atoms with E-state index in [4.69, 9.17) is 4.74 Å². The number of ether oxygens (including phenoxy) is 1. The Balaban J connectivity index is 2.31. The first-order valence-electron chi connectivity index (χ1n) is 6.32. The highest BCUT2D eigenvalue weighted by molar-refractivity contribution is 6.00. The molecule has 0 heterocycles. The molecule has 0 fully saturated rings. The number of carbonyl (C=O) groups is 1. The van der Waals surface area contributed by atoms with Gasteiger partial charge in [-0.1, -0.05) is 38.1 Å². The van der Waals surface area contributed by atoms with Crippen LogP contribution in [0.15, 0.2) is 36.4 Å². The number of hydrogen-bond acceptors (Lipinski definition) is 2. The van der Waals surface area contributed by atoms with Crippen LogP contribution in [0.1, 0.15) is 30.6 Å². The zero-order valence-corrected chi connectivity index (χ0v) is 10.8. The van der Waals surface area contributed by atoms with Crippen LogP contribution in [0, 0.1) is 5.92 Å². The van der Waals surface area contributed by atoms with E-state index in [1.807, 2.05) is 36.4 Å². The summed E-state index contributed by atoms with van der Waals surface area (Å²) in [5.74, 6) is 1.49. The van der Waals surface area contributed by atoms with Gasteiger partial charge >= 0.3 is 0 Å². The Morgan fingerprint density at radius 2 is 1.83 bits per heavy atom. The highest BCUT2D eigenvalue weighted by Gasteiger charge is 2.06. The van der Waals surface area contributed by atoms with Crippen LogP contribution in [-0.2, 0) is 0 Å². The molecule has 0 amide bonds. The molecule has 0 aliphatic carbocycles. The van der Waals surface area contributed by atoms with Gasteiger partial charge in [0.2, 0.25) is 0 Å². The van der Waals surface area contributed by atoms with Gasteiger partial charge in [-0.05, 0) is 29.9 Å². The fourth-order valence-corrected chi connectivity index (χ4v) is 1.93. The van der Waals surface area contributed by atoms with Gasteiger partial charge in [0.1, 0.15) is 5.75 Å². The van der Waals surface area contributed by atoms with E-state index in [0.29, 0.717) is 18.1 Å². The monoisotopic (exact) mass is 242 g/mol. The molecule has 0 saturated carbocycles. The lowest BCUT2D eigenvalue weighted by Crippen LogP contribution is -2.02. The summed E-state index contributed by atoms with van der Waals surface area (Å²) in [7, 11) is 0. The van der Waals surface area contributed by atoms with Crippen molar-refractivity contribution in [3.8, 4) is 5.75 Å². The summed E-state index contributed by atoms with van der Waals surface area (Å²) in [4.78, 5) is 11.0. The van der Waals surface area contributed by atoms with Gasteiger partial charge in [-0.15, -0.1) is 0 Å². The van der Waals surface area contributed by atoms with Crippen molar-refractivity contribution in [2.45, 2.75) is 20.3 Å². The third kappa shape index (κ3) is 2.70. The van der Waals surface area contributed by atoms with E-state index in [-0.39, 0.29) is 0 Å². The minimum atomic E-state index is 0.630. The average molecular weight is 242 g/mol. The quantitative estimate of drug-likeness (QED) is 0.738. The average Bonchev–Trinajstić information content (AvgIpc) is 2.38. The molecular formula is C16H18O2. The largest absolute Gasteiger partial charge is 0.493 e. The first-order valence-corrected chi connectivity index (χ1v) is 6.32. The molecule has 2 aromatic carbocycles. The summed E-state index contributed by atoms with van der Waals surface area (Å²) >= 11 is 0. The van der Waals surface area contributed by atoms with E-state index in [1.165, 1.54) is 0 Å². The minimum Gasteiger partial charge on any atom is -0.493 e. The number of carbonyl (C=O) groups excluding carboxylic acids is 1. The molecule has 2 heteroatoms. The van der Waals surface area contributed by atoms with Gasteiger partial charge in [0, 0.05) is 10.9 Å². The molecule has 2 nitrogen and oxygen atoms in total. The second kappa shape index (κ2) is 5.67. The van der Waals surface area contributed by atoms with E-state index in [1.54, 1.807) is 0 Å². The predicted molar refractivity (Wildman–Crippen MR) is 74.3 cm³/mol. The van der Waals surface area contributed by atoms with Gasteiger partial charge in [-0.25, -0.2) is 0 Å². The zero-order valence-electron chi connectivity index (χ0n) is 10.8. The summed E-state index contributed by atoms with van der Waals surface area (Å²) < 4.78 is 5.81. The molecule has 0 aliphatic rings. The van der Waals surface area contributed by atoms with Crippen molar-refractivity contribution >= 4 is 17.1 Å². The van der Waals surface area contributed by atoms with Crippen LogP contribution in [0.3, 0.4) is 0 Å². The summed E-state index contributed by atoms with van der Waals surface area (Å²) in [6, 6.07) is 11.5. The lowest BCUT2D eigenvalue weighted by atomic mass is 10.0. The van der Waals surface area contributed by atoms with Gasteiger partial charge in [0.15, 0.2) is 6.29 Å². The van der Waals surface area contributed by atoms with Crippen molar-refractivity contribution in [3.05, 3.63) is 42.0 Å². The number of fused-ring (bicyclic) bond motifs is 1. The molecule has 0 aliphatic heterocycles. The topological polar surface area (TPSA) is 26.3 Å². The second-order valence-electron chi connectivity index (χ2n) is 4.85. The Morgan fingerprint density at radius 1 is 1.11 bits per heavy atom. The van der Waals surface area contributed by atoms with Crippen molar-refractivity contribution in [1.29, 1.82) is 0 Å². The third-order valence-electron chi connectivity index (χ3n) is 3.00. The molecule has 18 heavy (non-hydrogen) atoms. The molecule has 0 saturated heterocycles. The molecule has 0 spiro atoms. The van der Waals surface area contributed by atoms with Crippen LogP contribution < -0.4 is 4.74 Å². The van der Waals surface area contributed by atoms with Crippen LogP contribution in [0.4, 0.5) is 0 Å². The zero-order chi connectivity index (χ0) is 13.0. The Kier molecular flexibility index (Phi) is 3.98. The Morgan fingerprint density at radius 3 is 2.50 bits per heavy atom. The fraction of sp³-hybridized carbons (Fsp3) is 0.312. The van der Waals surface area contributed by atoms with Gasteiger partial charge in [-0.3, -0.25) is 4.79 Å². The maximum atomic E-state index is 11.0. The van der Waals surface area contributed by atoms with Gasteiger partial charge in [0.25, 0.3) is 0 Å². The van der Waals surface area contributed by atoms with E-state index in [0.717, 1.165) is 29.2 Å². The lowest BCUT2D eigenvalue weighted by molar-refractivity contribution is 0.112. The van der Waals surface area contributed by atoms with E-state index < -0.39 is 0 Å². The third-order valence-corrected chi connectivity index (χ3v) is 3.00. The number of aldehydes is 1. The molecule has 0 aromatic heterocycles. The molecule has 94 valence electrons. The van der Waals surface area contributed by atoms with Crippen LogP contribution in [0.2, 0.25) is 0 Å². The normalized spacial score (nSPS) is 10.8.